The fraction of sp³-hybridized carbons (Fsp3) is 0.607. The monoisotopic (exact) mass is 602 g/mol. The van der Waals surface area contributed by atoms with Gasteiger partial charge in [0.15, 0.2) is 0 Å². The van der Waals surface area contributed by atoms with Crippen molar-refractivity contribution in [3.05, 3.63) is 35.4 Å². The van der Waals surface area contributed by atoms with Gasteiger partial charge in [-0.05, 0) is 43.6 Å². The van der Waals surface area contributed by atoms with E-state index in [-0.39, 0.29) is 30.9 Å². The zero-order chi connectivity index (χ0) is 31.4. The number of ketones is 1. The minimum atomic E-state index is -5.08. The first-order valence-electron chi connectivity index (χ1n) is 13.7. The zero-order valence-electron chi connectivity index (χ0n) is 23.5. The highest BCUT2D eigenvalue weighted by molar-refractivity contribution is 6.38. The molecule has 1 saturated carbocycles. The molecule has 0 bridgehead atoms. The molecule has 2 aliphatic rings. The van der Waals surface area contributed by atoms with Crippen LogP contribution in [0.25, 0.3) is 0 Å². The maximum Gasteiger partial charge on any atom is 0.396 e. The van der Waals surface area contributed by atoms with Gasteiger partial charge in [-0.2, -0.15) is 13.2 Å². The molecule has 1 aromatic rings. The average molecular weight is 603 g/mol. The topological polar surface area (TPSA) is 133 Å². The summed E-state index contributed by atoms with van der Waals surface area (Å²) in [5, 5.41) is 9.83. The number of hydrogen-bond donors (Lipinski definition) is 4. The Labute approximate surface area is 239 Å². The van der Waals surface area contributed by atoms with Gasteiger partial charge >= 0.3 is 6.18 Å². The molecule has 4 amide bonds. The molecule has 0 radical (unpaired) electrons. The Morgan fingerprint density at radius 3 is 2.19 bits per heavy atom. The maximum absolute atomic E-state index is 14.2. The number of rotatable bonds is 12. The van der Waals surface area contributed by atoms with Crippen LogP contribution in [-0.2, 0) is 24.0 Å². The van der Waals surface area contributed by atoms with Crippen LogP contribution in [0.5, 0.6) is 0 Å². The van der Waals surface area contributed by atoms with Crippen molar-refractivity contribution in [3.8, 4) is 0 Å². The van der Waals surface area contributed by atoms with Crippen molar-refractivity contribution in [2.75, 3.05) is 6.54 Å². The Morgan fingerprint density at radius 2 is 1.67 bits per heavy atom. The van der Waals surface area contributed by atoms with Crippen LogP contribution in [0.2, 0.25) is 0 Å². The van der Waals surface area contributed by atoms with E-state index in [0.717, 1.165) is 0 Å². The fourth-order valence-electron chi connectivity index (χ4n) is 4.75. The lowest BCUT2D eigenvalue weighted by Crippen LogP contribution is -2.55. The van der Waals surface area contributed by atoms with Crippen molar-refractivity contribution < 1.29 is 45.9 Å². The van der Waals surface area contributed by atoms with Gasteiger partial charge in [0, 0.05) is 36.6 Å². The average Bonchev–Trinajstić information content (AvgIpc) is 3.59. The van der Waals surface area contributed by atoms with E-state index in [0.29, 0.717) is 37.9 Å². The molecule has 232 valence electrons. The number of Topliss-reactive ketones (excluding diaryl/α,β-unsaturated/α-hetero) is 1. The van der Waals surface area contributed by atoms with E-state index in [2.05, 4.69) is 21.3 Å². The number of amides is 4. The van der Waals surface area contributed by atoms with E-state index in [9.17, 15) is 45.9 Å². The van der Waals surface area contributed by atoms with Crippen LogP contribution in [0, 0.1) is 23.0 Å². The van der Waals surface area contributed by atoms with Gasteiger partial charge in [0.25, 0.3) is 5.91 Å². The van der Waals surface area contributed by atoms with Crippen LogP contribution in [-0.4, -0.2) is 60.3 Å². The summed E-state index contributed by atoms with van der Waals surface area (Å²) in [4.78, 5) is 63.9. The number of halogens is 5. The van der Waals surface area contributed by atoms with E-state index in [1.165, 1.54) is 0 Å². The fourth-order valence-corrected chi connectivity index (χ4v) is 4.75. The number of carbonyl (C=O) groups is 5. The number of nitrogens with one attached hydrogen (secondary N) is 4. The van der Waals surface area contributed by atoms with Gasteiger partial charge < -0.3 is 21.3 Å². The Bertz CT molecular complexity index is 1210. The van der Waals surface area contributed by atoms with E-state index in [1.54, 1.807) is 20.8 Å². The van der Waals surface area contributed by atoms with Gasteiger partial charge in [0.1, 0.15) is 17.7 Å². The van der Waals surface area contributed by atoms with E-state index >= 15 is 0 Å². The molecule has 1 aliphatic heterocycles. The van der Waals surface area contributed by atoms with Crippen molar-refractivity contribution in [1.29, 1.82) is 0 Å². The molecule has 1 aromatic carbocycles. The SMILES string of the molecule is CC(C)(C)C[C@H](NC(=O)C[C@@H](c1ccc(F)cc1F)C(F)(F)F)C(=O)NC(C[C@@H]1CCNC1=O)C(=O)C(=O)NC1CC1. The highest BCUT2D eigenvalue weighted by atomic mass is 19.4. The third-order valence-electron chi connectivity index (χ3n) is 7.04. The number of hydrogen-bond acceptors (Lipinski definition) is 5. The number of carbonyl (C=O) groups excluding carboxylic acids is 5. The highest BCUT2D eigenvalue weighted by Gasteiger charge is 2.44. The van der Waals surface area contributed by atoms with E-state index in [4.69, 9.17) is 0 Å². The molecule has 1 unspecified atom stereocenters. The molecule has 1 aliphatic carbocycles. The molecule has 4 atom stereocenters. The van der Waals surface area contributed by atoms with Crippen molar-refractivity contribution in [2.45, 2.75) is 89.5 Å². The first-order chi connectivity index (χ1) is 19.4. The Morgan fingerprint density at radius 1 is 1.00 bits per heavy atom. The van der Waals surface area contributed by atoms with E-state index in [1.807, 2.05) is 0 Å². The van der Waals surface area contributed by atoms with Gasteiger partial charge in [-0.1, -0.05) is 26.8 Å². The summed E-state index contributed by atoms with van der Waals surface area (Å²) in [7, 11) is 0. The van der Waals surface area contributed by atoms with Gasteiger partial charge in [-0.15, -0.1) is 0 Å². The molecular weight excluding hydrogens is 567 g/mol. The zero-order valence-corrected chi connectivity index (χ0v) is 23.5. The van der Waals surface area contributed by atoms with Crippen LogP contribution in [0.1, 0.15) is 70.8 Å². The van der Waals surface area contributed by atoms with Crippen molar-refractivity contribution in [1.82, 2.24) is 21.3 Å². The normalized spacial score (nSPS) is 19.3. The highest BCUT2D eigenvalue weighted by Crippen LogP contribution is 2.39. The Balaban J connectivity index is 1.80. The van der Waals surface area contributed by atoms with Crippen LogP contribution >= 0.6 is 0 Å². The first kappa shape index (κ1) is 32.9. The molecule has 0 aromatic heterocycles. The molecule has 0 spiro atoms. The largest absolute Gasteiger partial charge is 0.396 e. The van der Waals surface area contributed by atoms with Crippen molar-refractivity contribution >= 4 is 29.4 Å². The van der Waals surface area contributed by atoms with Gasteiger partial charge in [-0.25, -0.2) is 8.78 Å². The maximum atomic E-state index is 14.2. The molecule has 1 saturated heterocycles. The summed E-state index contributed by atoms with van der Waals surface area (Å²) >= 11 is 0. The molecule has 3 rings (SSSR count). The standard InChI is InChI=1S/C28H35F5N4O5/c1-27(2,3)13-21(36-22(38)12-18(28(31,32)33)17-7-4-15(29)11-19(17)30)25(41)37-20(10-14-8-9-34-24(14)40)23(39)26(42)35-16-5-6-16/h4,7,11,14,16,18,20-21H,5-6,8-10,12-13H2,1-3H3,(H,34,40)(H,35,42)(H,36,38)(H,37,41)/t14-,18-,20?,21-/m0/s1. The van der Waals surface area contributed by atoms with Gasteiger partial charge in [-0.3, -0.25) is 24.0 Å². The summed E-state index contributed by atoms with van der Waals surface area (Å²) in [5.41, 5.74) is -1.58. The van der Waals surface area contributed by atoms with Gasteiger partial charge in [0.2, 0.25) is 23.5 Å². The summed E-state index contributed by atoms with van der Waals surface area (Å²) < 4.78 is 69.1. The molecule has 1 heterocycles. The molecular formula is C28H35F5N4O5. The summed E-state index contributed by atoms with van der Waals surface area (Å²) in [6, 6.07) is -1.50. The lowest BCUT2D eigenvalue weighted by atomic mass is 9.87. The quantitative estimate of drug-likeness (QED) is 0.216. The molecule has 42 heavy (non-hydrogen) atoms. The summed E-state index contributed by atoms with van der Waals surface area (Å²) in [6.45, 7) is 5.48. The van der Waals surface area contributed by atoms with Crippen LogP contribution < -0.4 is 21.3 Å². The van der Waals surface area contributed by atoms with E-state index < -0.39 is 82.6 Å². The van der Waals surface area contributed by atoms with Crippen LogP contribution in [0.3, 0.4) is 0 Å². The second kappa shape index (κ2) is 13.2. The molecule has 4 N–H and O–H groups in total. The minimum absolute atomic E-state index is 0.0781. The van der Waals surface area contributed by atoms with Crippen molar-refractivity contribution in [3.63, 3.8) is 0 Å². The molecule has 14 heteroatoms. The lowest BCUT2D eigenvalue weighted by Gasteiger charge is -2.29. The summed E-state index contributed by atoms with van der Waals surface area (Å²) in [5.74, 6) is -10.3. The molecule has 2 fully saturated rings. The second-order valence-electron chi connectivity index (χ2n) is 12.0. The molecule has 9 nitrogen and oxygen atoms in total. The Hall–Kier alpha value is -3.58. The summed E-state index contributed by atoms with van der Waals surface area (Å²) in [6.07, 6.45) is -4.89. The third-order valence-corrected chi connectivity index (χ3v) is 7.04. The van der Waals surface area contributed by atoms with Crippen molar-refractivity contribution in [2.24, 2.45) is 11.3 Å². The smallest absolute Gasteiger partial charge is 0.356 e. The Kier molecular flexibility index (Phi) is 10.3. The predicted octanol–water partition coefficient (Wildman–Crippen LogP) is 2.78. The van der Waals surface area contributed by atoms with Crippen LogP contribution in [0.4, 0.5) is 22.0 Å². The number of benzene rings is 1. The lowest BCUT2D eigenvalue weighted by molar-refractivity contribution is -0.158. The third kappa shape index (κ3) is 9.48. The number of alkyl halides is 3. The van der Waals surface area contributed by atoms with Gasteiger partial charge in [0.05, 0.1) is 12.0 Å². The second-order valence-corrected chi connectivity index (χ2v) is 12.0. The first-order valence-corrected chi connectivity index (χ1v) is 13.7. The van der Waals surface area contributed by atoms with Crippen LogP contribution in [0.15, 0.2) is 18.2 Å². The predicted molar refractivity (Wildman–Crippen MR) is 140 cm³/mol. The minimum Gasteiger partial charge on any atom is -0.356 e.